The van der Waals surface area contributed by atoms with Crippen molar-refractivity contribution in [2.75, 3.05) is 12.8 Å². The van der Waals surface area contributed by atoms with Crippen LogP contribution in [0, 0.1) is 0 Å². The molecule has 2 heterocycles. The van der Waals surface area contributed by atoms with E-state index in [0.29, 0.717) is 22.2 Å². The number of amides is 1. The largest absolute Gasteiger partial charge is 0.390 e. The fourth-order valence-corrected chi connectivity index (χ4v) is 4.74. The van der Waals surface area contributed by atoms with Gasteiger partial charge in [0.15, 0.2) is 0 Å². The molecule has 29 heavy (non-hydrogen) atoms. The first-order chi connectivity index (χ1) is 14.1. The highest BCUT2D eigenvalue weighted by atomic mass is 35.5. The average Bonchev–Trinajstić information content (AvgIpc) is 3.41. The summed E-state index contributed by atoms with van der Waals surface area (Å²) in [6.07, 6.45) is 2.58. The lowest BCUT2D eigenvalue weighted by atomic mass is 10.00. The summed E-state index contributed by atoms with van der Waals surface area (Å²) in [4.78, 5) is 19.5. The third kappa shape index (κ3) is 4.66. The molecule has 1 N–H and O–H groups in total. The van der Waals surface area contributed by atoms with Crippen LogP contribution in [0.4, 0.5) is 0 Å². The molecule has 0 bridgehead atoms. The van der Waals surface area contributed by atoms with E-state index in [1.165, 1.54) is 27.4 Å². The van der Waals surface area contributed by atoms with Crippen LogP contribution in [0.25, 0.3) is 11.1 Å². The van der Waals surface area contributed by atoms with E-state index < -0.39 is 0 Å². The number of thiophene rings is 1. The maximum atomic E-state index is 12.1. The van der Waals surface area contributed by atoms with Gasteiger partial charge in [-0.05, 0) is 41.1 Å². The molecule has 4 rings (SSSR count). The Hall–Kier alpha value is -2.28. The Bertz CT molecular complexity index is 1050. The predicted molar refractivity (Wildman–Crippen MR) is 121 cm³/mol. The molecule has 1 aliphatic heterocycles. The molecule has 1 atom stereocenters. The SMILES string of the molecule is CSc1ccccc1-c1ccc(C2=NOC(CNC(=O)c3ccc(Cl)s3)C2)cc1. The molecule has 0 saturated heterocycles. The van der Waals surface area contributed by atoms with E-state index in [-0.39, 0.29) is 12.0 Å². The van der Waals surface area contributed by atoms with Crippen molar-refractivity contribution in [1.29, 1.82) is 0 Å². The lowest BCUT2D eigenvalue weighted by Gasteiger charge is -2.09. The summed E-state index contributed by atoms with van der Waals surface area (Å²) in [6, 6.07) is 20.2. The molecule has 0 aliphatic carbocycles. The van der Waals surface area contributed by atoms with Gasteiger partial charge in [-0.15, -0.1) is 23.1 Å². The molecule has 0 saturated carbocycles. The molecule has 1 aliphatic rings. The number of halogens is 1. The summed E-state index contributed by atoms with van der Waals surface area (Å²) >= 11 is 8.88. The monoisotopic (exact) mass is 442 g/mol. The number of rotatable bonds is 6. The van der Waals surface area contributed by atoms with Gasteiger partial charge in [0, 0.05) is 11.3 Å². The molecule has 3 aromatic rings. The molecule has 148 valence electrons. The molecule has 7 heteroatoms. The van der Waals surface area contributed by atoms with Gasteiger partial charge < -0.3 is 10.2 Å². The molecule has 1 amide bonds. The molecule has 0 fully saturated rings. The van der Waals surface area contributed by atoms with Crippen molar-refractivity contribution in [3.63, 3.8) is 0 Å². The van der Waals surface area contributed by atoms with Crippen molar-refractivity contribution < 1.29 is 9.63 Å². The molecule has 1 aromatic heterocycles. The second kappa shape index (κ2) is 9.03. The van der Waals surface area contributed by atoms with Gasteiger partial charge in [-0.3, -0.25) is 4.79 Å². The highest BCUT2D eigenvalue weighted by molar-refractivity contribution is 7.98. The Morgan fingerprint density at radius 3 is 2.66 bits per heavy atom. The van der Waals surface area contributed by atoms with E-state index in [9.17, 15) is 4.79 Å². The number of benzene rings is 2. The van der Waals surface area contributed by atoms with Gasteiger partial charge >= 0.3 is 0 Å². The van der Waals surface area contributed by atoms with Crippen molar-refractivity contribution in [1.82, 2.24) is 5.32 Å². The predicted octanol–water partition coefficient (Wildman–Crippen LogP) is 5.71. The number of thioether (sulfide) groups is 1. The second-order valence-electron chi connectivity index (χ2n) is 6.56. The number of nitrogens with zero attached hydrogens (tertiary/aromatic N) is 1. The van der Waals surface area contributed by atoms with Crippen LogP contribution >= 0.6 is 34.7 Å². The standard InChI is InChI=1S/C22H19ClN2O2S2/c1-28-19-5-3-2-4-17(19)14-6-8-15(9-7-14)18-12-16(27-25-18)13-24-22(26)20-10-11-21(23)29-20/h2-11,16H,12-13H2,1H3,(H,24,26). The first kappa shape index (κ1) is 20.0. The number of carbonyl (C=O) groups is 1. The van der Waals surface area contributed by atoms with Crippen molar-refractivity contribution >= 4 is 46.3 Å². The molecule has 2 aromatic carbocycles. The highest BCUT2D eigenvalue weighted by Gasteiger charge is 2.23. The Labute approximate surface area is 182 Å². The minimum Gasteiger partial charge on any atom is -0.390 e. The number of carbonyl (C=O) groups excluding carboxylic acids is 1. The van der Waals surface area contributed by atoms with Crippen LogP contribution in [0.15, 0.2) is 70.7 Å². The first-order valence-electron chi connectivity index (χ1n) is 9.14. The van der Waals surface area contributed by atoms with E-state index in [0.717, 1.165) is 11.3 Å². The highest BCUT2D eigenvalue weighted by Crippen LogP contribution is 2.30. The number of oxime groups is 1. The van der Waals surface area contributed by atoms with Crippen molar-refractivity contribution in [2.24, 2.45) is 5.16 Å². The van der Waals surface area contributed by atoms with E-state index in [1.54, 1.807) is 23.9 Å². The minimum atomic E-state index is -0.165. The molecular weight excluding hydrogens is 424 g/mol. The summed E-state index contributed by atoms with van der Waals surface area (Å²) in [6.45, 7) is 0.403. The van der Waals surface area contributed by atoms with Crippen molar-refractivity contribution in [2.45, 2.75) is 17.4 Å². The first-order valence-corrected chi connectivity index (χ1v) is 11.6. The van der Waals surface area contributed by atoms with Gasteiger partial charge in [-0.1, -0.05) is 59.2 Å². The van der Waals surface area contributed by atoms with E-state index in [2.05, 4.69) is 65.3 Å². The zero-order chi connectivity index (χ0) is 20.2. The van der Waals surface area contributed by atoms with Gasteiger partial charge in [0.2, 0.25) is 0 Å². The fourth-order valence-electron chi connectivity index (χ4n) is 3.16. The van der Waals surface area contributed by atoms with Gasteiger partial charge in [-0.2, -0.15) is 0 Å². The smallest absolute Gasteiger partial charge is 0.261 e. The maximum Gasteiger partial charge on any atom is 0.261 e. The Morgan fingerprint density at radius 2 is 1.93 bits per heavy atom. The number of hydrogen-bond acceptors (Lipinski definition) is 5. The van der Waals surface area contributed by atoms with Crippen LogP contribution in [-0.2, 0) is 4.84 Å². The summed E-state index contributed by atoms with van der Waals surface area (Å²) in [5.41, 5.74) is 4.34. The Morgan fingerprint density at radius 1 is 1.17 bits per heavy atom. The third-order valence-electron chi connectivity index (χ3n) is 4.66. The van der Waals surface area contributed by atoms with Gasteiger partial charge in [0.05, 0.1) is 21.5 Å². The summed E-state index contributed by atoms with van der Waals surface area (Å²) in [5, 5.41) is 7.10. The molecule has 0 spiro atoms. The zero-order valence-electron chi connectivity index (χ0n) is 15.7. The van der Waals surface area contributed by atoms with Crippen LogP contribution in [0.5, 0.6) is 0 Å². The van der Waals surface area contributed by atoms with Crippen LogP contribution in [0.2, 0.25) is 4.34 Å². The van der Waals surface area contributed by atoms with Crippen LogP contribution < -0.4 is 5.32 Å². The number of hydrogen-bond donors (Lipinski definition) is 1. The Balaban J connectivity index is 1.36. The lowest BCUT2D eigenvalue weighted by Crippen LogP contribution is -2.31. The molecule has 0 radical (unpaired) electrons. The van der Waals surface area contributed by atoms with E-state index in [1.807, 2.05) is 0 Å². The molecule has 4 nitrogen and oxygen atoms in total. The topological polar surface area (TPSA) is 50.7 Å². The third-order valence-corrected chi connectivity index (χ3v) is 6.68. The van der Waals surface area contributed by atoms with Crippen molar-refractivity contribution in [3.05, 3.63) is 75.4 Å². The van der Waals surface area contributed by atoms with Gasteiger partial charge in [0.25, 0.3) is 5.91 Å². The lowest BCUT2D eigenvalue weighted by molar-refractivity contribution is 0.0755. The summed E-state index contributed by atoms with van der Waals surface area (Å²) < 4.78 is 0.599. The quantitative estimate of drug-likeness (QED) is 0.497. The van der Waals surface area contributed by atoms with Crippen LogP contribution in [0.1, 0.15) is 21.7 Å². The van der Waals surface area contributed by atoms with Crippen LogP contribution in [0.3, 0.4) is 0 Å². The van der Waals surface area contributed by atoms with Gasteiger partial charge in [-0.25, -0.2) is 0 Å². The van der Waals surface area contributed by atoms with E-state index >= 15 is 0 Å². The summed E-state index contributed by atoms with van der Waals surface area (Å²) in [5.74, 6) is -0.143. The zero-order valence-corrected chi connectivity index (χ0v) is 18.1. The van der Waals surface area contributed by atoms with E-state index in [4.69, 9.17) is 16.4 Å². The van der Waals surface area contributed by atoms with Gasteiger partial charge in [0.1, 0.15) is 6.10 Å². The minimum absolute atomic E-state index is 0.143. The van der Waals surface area contributed by atoms with Crippen LogP contribution in [-0.4, -0.2) is 30.5 Å². The average molecular weight is 443 g/mol. The normalized spacial score (nSPS) is 15.7. The molecule has 1 unspecified atom stereocenters. The second-order valence-corrected chi connectivity index (χ2v) is 9.12. The fraction of sp³-hybridized carbons (Fsp3) is 0.182. The molecular formula is C22H19ClN2O2S2. The summed E-state index contributed by atoms with van der Waals surface area (Å²) in [7, 11) is 0. The maximum absolute atomic E-state index is 12.1. The Kier molecular flexibility index (Phi) is 6.23. The number of nitrogens with one attached hydrogen (secondary N) is 1. The van der Waals surface area contributed by atoms with Crippen molar-refractivity contribution in [3.8, 4) is 11.1 Å².